The Kier molecular flexibility index (Phi) is 5.22. The van der Waals surface area contributed by atoms with Gasteiger partial charge < -0.3 is 10.6 Å². The molecule has 0 amide bonds. The van der Waals surface area contributed by atoms with Gasteiger partial charge in [-0.25, -0.2) is 0 Å². The first-order valence-corrected chi connectivity index (χ1v) is 11.1. The Morgan fingerprint density at radius 3 is 2.35 bits per heavy atom. The molecule has 0 heterocycles. The van der Waals surface area contributed by atoms with E-state index in [0.717, 1.165) is 39.1 Å². The van der Waals surface area contributed by atoms with E-state index >= 15 is 0 Å². The maximum atomic E-state index is 6.26. The highest BCUT2D eigenvalue weighted by Crippen LogP contribution is 2.61. The molecule has 2 N–H and O–H groups in total. The van der Waals surface area contributed by atoms with Gasteiger partial charge in [0.15, 0.2) is 5.11 Å². The molecule has 0 radical (unpaired) electrons. The number of hydrogen-bond acceptors (Lipinski definition) is 1. The Hall–Kier alpha value is -0.800. The summed E-state index contributed by atoms with van der Waals surface area (Å²) in [6.07, 6.45) is 11.1. The van der Waals surface area contributed by atoms with Crippen molar-refractivity contribution in [2.45, 2.75) is 71.3 Å². The van der Waals surface area contributed by atoms with E-state index in [1.807, 2.05) is 19.1 Å². The summed E-state index contributed by atoms with van der Waals surface area (Å²) in [6, 6.07) is 6.55. The van der Waals surface area contributed by atoms with Gasteiger partial charge in [0.25, 0.3) is 0 Å². The number of halogens is 1. The predicted octanol–water partition coefficient (Wildman–Crippen LogP) is 6.32. The lowest BCUT2D eigenvalue weighted by atomic mass is 9.47. The van der Waals surface area contributed by atoms with Crippen LogP contribution in [0, 0.1) is 30.1 Å². The molecule has 0 spiro atoms. The van der Waals surface area contributed by atoms with Crippen molar-refractivity contribution in [1.29, 1.82) is 0 Å². The average Bonchev–Trinajstić information content (AvgIpc) is 2.56. The van der Waals surface area contributed by atoms with E-state index in [1.54, 1.807) is 0 Å². The van der Waals surface area contributed by atoms with Gasteiger partial charge >= 0.3 is 0 Å². The summed E-state index contributed by atoms with van der Waals surface area (Å²) < 4.78 is 0. The van der Waals surface area contributed by atoms with Crippen LogP contribution >= 0.6 is 23.8 Å². The van der Waals surface area contributed by atoms with Gasteiger partial charge in [-0.2, -0.15) is 0 Å². The van der Waals surface area contributed by atoms with Gasteiger partial charge in [0.2, 0.25) is 0 Å². The van der Waals surface area contributed by atoms with Crippen LogP contribution in [0.2, 0.25) is 5.02 Å². The molecule has 4 aliphatic carbocycles. The summed E-state index contributed by atoms with van der Waals surface area (Å²) in [4.78, 5) is 0. The zero-order valence-corrected chi connectivity index (χ0v) is 17.6. The minimum atomic E-state index is 0.474. The third-order valence-corrected chi connectivity index (χ3v) is 7.76. The van der Waals surface area contributed by atoms with Gasteiger partial charge in [-0.1, -0.05) is 31.0 Å². The molecule has 2 nitrogen and oxygen atoms in total. The van der Waals surface area contributed by atoms with Gasteiger partial charge in [0.1, 0.15) is 0 Å². The summed E-state index contributed by atoms with van der Waals surface area (Å²) in [5.74, 6) is 2.92. The Labute approximate surface area is 168 Å². The number of rotatable bonds is 5. The summed E-state index contributed by atoms with van der Waals surface area (Å²) in [6.45, 7) is 4.32. The lowest BCUT2D eigenvalue weighted by molar-refractivity contribution is -0.0718. The van der Waals surface area contributed by atoms with E-state index in [4.69, 9.17) is 23.8 Å². The summed E-state index contributed by atoms with van der Waals surface area (Å²) >= 11 is 12.0. The van der Waals surface area contributed by atoms with Crippen LogP contribution in [-0.2, 0) is 0 Å². The summed E-state index contributed by atoms with van der Waals surface area (Å²) in [7, 11) is 0. The largest absolute Gasteiger partial charge is 0.359 e. The highest BCUT2D eigenvalue weighted by Gasteiger charge is 2.54. The van der Waals surface area contributed by atoms with Crippen LogP contribution in [0.15, 0.2) is 18.2 Å². The van der Waals surface area contributed by atoms with E-state index in [9.17, 15) is 0 Å². The molecular weight excluding hydrogens is 360 g/mol. The molecule has 1 unspecified atom stereocenters. The second-order valence-corrected chi connectivity index (χ2v) is 10.00. The molecule has 1 atom stereocenters. The van der Waals surface area contributed by atoms with Crippen molar-refractivity contribution in [3.05, 3.63) is 28.8 Å². The van der Waals surface area contributed by atoms with Crippen LogP contribution in [0.5, 0.6) is 0 Å². The molecule has 4 heteroatoms. The Bertz CT molecular complexity index is 651. The van der Waals surface area contributed by atoms with Crippen molar-refractivity contribution in [3.8, 4) is 0 Å². The van der Waals surface area contributed by atoms with Gasteiger partial charge in [0.05, 0.1) is 0 Å². The second-order valence-electron chi connectivity index (χ2n) is 9.18. The molecule has 1 aromatic rings. The van der Waals surface area contributed by atoms with Crippen molar-refractivity contribution in [1.82, 2.24) is 5.32 Å². The molecule has 0 saturated heterocycles. The minimum absolute atomic E-state index is 0.474. The molecule has 26 heavy (non-hydrogen) atoms. The van der Waals surface area contributed by atoms with Gasteiger partial charge in [-0.15, -0.1) is 0 Å². The van der Waals surface area contributed by atoms with Crippen LogP contribution in [0.1, 0.15) is 63.9 Å². The fraction of sp³-hybridized carbons (Fsp3) is 0.682. The SMILES string of the molecule is CCCC(NC(=S)Nc1ccc(C)c(Cl)c1)C12CC3CC(CC(C3)C1)C2. The smallest absolute Gasteiger partial charge is 0.171 e. The zero-order valence-electron chi connectivity index (χ0n) is 16.0. The van der Waals surface area contributed by atoms with E-state index in [-0.39, 0.29) is 0 Å². The highest BCUT2D eigenvalue weighted by atomic mass is 35.5. The molecule has 0 aliphatic heterocycles. The maximum absolute atomic E-state index is 6.26. The van der Waals surface area contributed by atoms with Crippen LogP contribution in [0.25, 0.3) is 0 Å². The molecular formula is C22H31ClN2S. The average molecular weight is 391 g/mol. The van der Waals surface area contributed by atoms with E-state index in [0.29, 0.717) is 11.5 Å². The lowest BCUT2D eigenvalue weighted by Crippen LogP contribution is -2.57. The molecule has 142 valence electrons. The quantitative estimate of drug-likeness (QED) is 0.575. The topological polar surface area (TPSA) is 24.1 Å². The molecule has 4 aliphatic rings. The fourth-order valence-corrected chi connectivity index (χ4v) is 6.86. The molecule has 0 aromatic heterocycles. The third kappa shape index (κ3) is 3.62. The number of aryl methyl sites for hydroxylation is 1. The van der Waals surface area contributed by atoms with Gasteiger partial charge in [0, 0.05) is 16.8 Å². The Morgan fingerprint density at radius 1 is 1.19 bits per heavy atom. The first-order chi connectivity index (χ1) is 12.5. The number of hydrogen-bond donors (Lipinski definition) is 2. The molecule has 1 aromatic carbocycles. The summed E-state index contributed by atoms with van der Waals surface area (Å²) in [5.41, 5.74) is 2.54. The van der Waals surface area contributed by atoms with Gasteiger partial charge in [-0.05, 0) is 105 Å². The van der Waals surface area contributed by atoms with E-state index in [2.05, 4.69) is 23.6 Å². The fourth-order valence-electron chi connectivity index (χ4n) is 6.42. The molecule has 5 rings (SSSR count). The van der Waals surface area contributed by atoms with Crippen LogP contribution < -0.4 is 10.6 Å². The second kappa shape index (κ2) is 7.31. The highest BCUT2D eigenvalue weighted by molar-refractivity contribution is 7.80. The zero-order chi connectivity index (χ0) is 18.3. The normalized spacial score (nSPS) is 33.1. The van der Waals surface area contributed by atoms with Crippen LogP contribution in [0.3, 0.4) is 0 Å². The first kappa shape index (κ1) is 18.6. The van der Waals surface area contributed by atoms with Crippen molar-refractivity contribution < 1.29 is 0 Å². The third-order valence-electron chi connectivity index (χ3n) is 7.14. The maximum Gasteiger partial charge on any atom is 0.171 e. The van der Waals surface area contributed by atoms with Crippen LogP contribution in [-0.4, -0.2) is 11.2 Å². The number of nitrogens with one attached hydrogen (secondary N) is 2. The van der Waals surface area contributed by atoms with E-state index in [1.165, 1.54) is 51.4 Å². The van der Waals surface area contributed by atoms with Crippen molar-refractivity contribution in [3.63, 3.8) is 0 Å². The van der Waals surface area contributed by atoms with E-state index < -0.39 is 0 Å². The Morgan fingerprint density at radius 2 is 1.81 bits per heavy atom. The van der Waals surface area contributed by atoms with Crippen molar-refractivity contribution in [2.75, 3.05) is 5.32 Å². The van der Waals surface area contributed by atoms with Crippen LogP contribution in [0.4, 0.5) is 5.69 Å². The first-order valence-electron chi connectivity index (χ1n) is 10.3. The minimum Gasteiger partial charge on any atom is -0.359 e. The molecule has 4 bridgehead atoms. The standard InChI is InChI=1S/C22H31ClN2S/c1-3-4-20(22-11-15-7-16(12-22)9-17(8-15)13-22)25-21(26)24-18-6-5-14(2)19(23)10-18/h5-6,10,15-17,20H,3-4,7-9,11-13H2,1-2H3,(H2,24,25,26). The van der Waals surface area contributed by atoms with Crippen molar-refractivity contribution in [2.24, 2.45) is 23.2 Å². The molecule has 4 saturated carbocycles. The lowest BCUT2D eigenvalue weighted by Gasteiger charge is -2.59. The Balaban J connectivity index is 1.46. The number of anilines is 1. The number of benzene rings is 1. The molecule has 4 fully saturated rings. The monoisotopic (exact) mass is 390 g/mol. The van der Waals surface area contributed by atoms with Gasteiger partial charge in [-0.3, -0.25) is 0 Å². The predicted molar refractivity (Wildman–Crippen MR) is 115 cm³/mol. The van der Waals surface area contributed by atoms with Crippen molar-refractivity contribution >= 4 is 34.6 Å². The number of thiocarbonyl (C=S) groups is 1. The summed E-state index contributed by atoms with van der Waals surface area (Å²) in [5, 5.41) is 8.63.